The lowest BCUT2D eigenvalue weighted by Gasteiger charge is -2.32. The molecule has 3 nitrogen and oxygen atoms in total. The topological polar surface area (TPSA) is 38.5 Å². The zero-order chi connectivity index (χ0) is 13.7. The first-order valence-corrected chi connectivity index (χ1v) is 7.02. The maximum atomic E-state index is 13.1. The van der Waals surface area contributed by atoms with Crippen LogP contribution < -0.4 is 10.5 Å². The number of nitrogens with zero attached hydrogens (tertiary/aromatic N) is 1. The summed E-state index contributed by atoms with van der Waals surface area (Å²) >= 11 is 0. The van der Waals surface area contributed by atoms with E-state index in [9.17, 15) is 4.39 Å². The SMILES string of the molecule is CN1CCCCC1CCOc1ccc(F)cc1CN. The summed E-state index contributed by atoms with van der Waals surface area (Å²) in [7, 11) is 2.17. The molecule has 0 spiro atoms. The summed E-state index contributed by atoms with van der Waals surface area (Å²) in [6.07, 6.45) is 4.85. The lowest BCUT2D eigenvalue weighted by Crippen LogP contribution is -2.37. The summed E-state index contributed by atoms with van der Waals surface area (Å²) < 4.78 is 18.8. The van der Waals surface area contributed by atoms with Gasteiger partial charge in [0.2, 0.25) is 0 Å². The van der Waals surface area contributed by atoms with Gasteiger partial charge in [0.25, 0.3) is 0 Å². The molecule has 1 aromatic rings. The van der Waals surface area contributed by atoms with Gasteiger partial charge in [0.05, 0.1) is 6.61 Å². The van der Waals surface area contributed by atoms with Gasteiger partial charge in [-0.3, -0.25) is 0 Å². The lowest BCUT2D eigenvalue weighted by molar-refractivity contribution is 0.153. The minimum atomic E-state index is -0.264. The van der Waals surface area contributed by atoms with Crippen molar-refractivity contribution in [1.29, 1.82) is 0 Å². The Balaban J connectivity index is 1.85. The fourth-order valence-electron chi connectivity index (χ4n) is 2.66. The molecular weight excluding hydrogens is 243 g/mol. The highest BCUT2D eigenvalue weighted by atomic mass is 19.1. The van der Waals surface area contributed by atoms with Crippen molar-refractivity contribution < 1.29 is 9.13 Å². The average Bonchev–Trinajstić information content (AvgIpc) is 2.42. The maximum absolute atomic E-state index is 13.1. The van der Waals surface area contributed by atoms with E-state index in [1.807, 2.05) is 0 Å². The van der Waals surface area contributed by atoms with Crippen molar-refractivity contribution in [2.75, 3.05) is 20.2 Å². The number of hydrogen-bond acceptors (Lipinski definition) is 3. The zero-order valence-corrected chi connectivity index (χ0v) is 11.6. The molecule has 0 aliphatic carbocycles. The Morgan fingerprint density at radius 1 is 1.42 bits per heavy atom. The first-order chi connectivity index (χ1) is 9.20. The van der Waals surface area contributed by atoms with Gasteiger partial charge in [-0.05, 0) is 51.1 Å². The number of benzene rings is 1. The molecule has 1 aromatic carbocycles. The Kier molecular flexibility index (Phi) is 5.16. The molecule has 0 amide bonds. The molecule has 1 aliphatic heterocycles. The van der Waals surface area contributed by atoms with E-state index in [1.165, 1.54) is 37.9 Å². The molecule has 1 heterocycles. The van der Waals surface area contributed by atoms with E-state index in [0.29, 0.717) is 24.9 Å². The second-order valence-corrected chi connectivity index (χ2v) is 5.22. The van der Waals surface area contributed by atoms with Crippen molar-refractivity contribution in [1.82, 2.24) is 4.90 Å². The summed E-state index contributed by atoms with van der Waals surface area (Å²) in [5.74, 6) is 0.446. The van der Waals surface area contributed by atoms with Crippen LogP contribution in [0.2, 0.25) is 0 Å². The molecule has 1 fully saturated rings. The van der Waals surface area contributed by atoms with E-state index >= 15 is 0 Å². The highest BCUT2D eigenvalue weighted by molar-refractivity contribution is 5.33. The monoisotopic (exact) mass is 266 g/mol. The largest absolute Gasteiger partial charge is 0.493 e. The van der Waals surface area contributed by atoms with Gasteiger partial charge in [-0.2, -0.15) is 0 Å². The van der Waals surface area contributed by atoms with Gasteiger partial charge >= 0.3 is 0 Å². The van der Waals surface area contributed by atoms with Gasteiger partial charge in [0, 0.05) is 18.2 Å². The quantitative estimate of drug-likeness (QED) is 0.890. The van der Waals surface area contributed by atoms with Crippen molar-refractivity contribution in [2.45, 2.75) is 38.3 Å². The van der Waals surface area contributed by atoms with Crippen molar-refractivity contribution in [3.8, 4) is 5.75 Å². The van der Waals surface area contributed by atoms with E-state index in [0.717, 1.165) is 12.0 Å². The number of likely N-dealkylation sites (tertiary alicyclic amines) is 1. The van der Waals surface area contributed by atoms with Gasteiger partial charge in [-0.15, -0.1) is 0 Å². The normalized spacial score (nSPS) is 20.5. The van der Waals surface area contributed by atoms with Gasteiger partial charge in [0.15, 0.2) is 0 Å². The molecule has 1 unspecified atom stereocenters. The number of nitrogens with two attached hydrogens (primary N) is 1. The van der Waals surface area contributed by atoms with Crippen LogP contribution in [0.3, 0.4) is 0 Å². The van der Waals surface area contributed by atoms with Crippen LogP contribution in [0.4, 0.5) is 4.39 Å². The standard InChI is InChI=1S/C15H23FN2O/c1-18-8-3-2-4-14(18)7-9-19-15-6-5-13(16)10-12(15)11-17/h5-6,10,14H,2-4,7-9,11,17H2,1H3. The fourth-order valence-corrected chi connectivity index (χ4v) is 2.66. The maximum Gasteiger partial charge on any atom is 0.123 e. The number of rotatable bonds is 5. The van der Waals surface area contributed by atoms with E-state index in [2.05, 4.69) is 11.9 Å². The van der Waals surface area contributed by atoms with Crippen molar-refractivity contribution >= 4 is 0 Å². The molecular formula is C15H23FN2O. The Hall–Kier alpha value is -1.13. The Labute approximate surface area is 114 Å². The Morgan fingerprint density at radius 2 is 2.26 bits per heavy atom. The second kappa shape index (κ2) is 6.87. The van der Waals surface area contributed by atoms with Gasteiger partial charge in [-0.25, -0.2) is 4.39 Å². The van der Waals surface area contributed by atoms with Crippen LogP contribution in [0.25, 0.3) is 0 Å². The van der Waals surface area contributed by atoms with Crippen LogP contribution in [-0.4, -0.2) is 31.1 Å². The molecule has 4 heteroatoms. The van der Waals surface area contributed by atoms with Crippen molar-refractivity contribution in [3.63, 3.8) is 0 Å². The molecule has 0 bridgehead atoms. The summed E-state index contributed by atoms with van der Waals surface area (Å²) in [5, 5.41) is 0. The molecule has 106 valence electrons. The lowest BCUT2D eigenvalue weighted by atomic mass is 10.0. The summed E-state index contributed by atoms with van der Waals surface area (Å²) in [4.78, 5) is 2.40. The third kappa shape index (κ3) is 3.91. The molecule has 0 aromatic heterocycles. The minimum absolute atomic E-state index is 0.264. The average molecular weight is 266 g/mol. The highest BCUT2D eigenvalue weighted by Gasteiger charge is 2.18. The molecule has 1 atom stereocenters. The van der Waals surface area contributed by atoms with Crippen LogP contribution in [0.5, 0.6) is 5.75 Å². The third-order valence-corrected chi connectivity index (χ3v) is 3.87. The first kappa shape index (κ1) is 14.3. The van der Waals surface area contributed by atoms with E-state index in [4.69, 9.17) is 10.5 Å². The molecule has 19 heavy (non-hydrogen) atoms. The van der Waals surface area contributed by atoms with Gasteiger partial charge < -0.3 is 15.4 Å². The molecule has 2 N–H and O–H groups in total. The Bertz CT molecular complexity index is 411. The smallest absolute Gasteiger partial charge is 0.123 e. The second-order valence-electron chi connectivity index (χ2n) is 5.22. The van der Waals surface area contributed by atoms with Crippen LogP contribution in [0.15, 0.2) is 18.2 Å². The number of halogens is 1. The van der Waals surface area contributed by atoms with E-state index in [1.54, 1.807) is 6.07 Å². The molecule has 1 saturated heterocycles. The molecule has 2 rings (SSSR count). The zero-order valence-electron chi connectivity index (χ0n) is 11.6. The number of ether oxygens (including phenoxy) is 1. The van der Waals surface area contributed by atoms with E-state index in [-0.39, 0.29) is 5.82 Å². The minimum Gasteiger partial charge on any atom is -0.493 e. The molecule has 0 saturated carbocycles. The summed E-state index contributed by atoms with van der Waals surface area (Å²) in [6.45, 7) is 2.14. The van der Waals surface area contributed by atoms with Crippen LogP contribution in [0, 0.1) is 5.82 Å². The fraction of sp³-hybridized carbons (Fsp3) is 0.600. The van der Waals surface area contributed by atoms with Crippen LogP contribution in [-0.2, 0) is 6.54 Å². The first-order valence-electron chi connectivity index (χ1n) is 7.02. The summed E-state index contributed by atoms with van der Waals surface area (Å²) in [5.41, 5.74) is 6.33. The van der Waals surface area contributed by atoms with Crippen molar-refractivity contribution in [3.05, 3.63) is 29.6 Å². The van der Waals surface area contributed by atoms with Crippen molar-refractivity contribution in [2.24, 2.45) is 5.73 Å². The van der Waals surface area contributed by atoms with E-state index < -0.39 is 0 Å². The van der Waals surface area contributed by atoms with Crippen LogP contribution >= 0.6 is 0 Å². The molecule has 0 radical (unpaired) electrons. The van der Waals surface area contributed by atoms with Gasteiger partial charge in [-0.1, -0.05) is 6.42 Å². The van der Waals surface area contributed by atoms with Gasteiger partial charge in [0.1, 0.15) is 11.6 Å². The predicted molar refractivity (Wildman–Crippen MR) is 74.7 cm³/mol. The van der Waals surface area contributed by atoms with Crippen LogP contribution in [0.1, 0.15) is 31.2 Å². The Morgan fingerprint density at radius 3 is 3.00 bits per heavy atom. The number of piperidine rings is 1. The predicted octanol–water partition coefficient (Wildman–Crippen LogP) is 2.54. The molecule has 1 aliphatic rings. The highest BCUT2D eigenvalue weighted by Crippen LogP contribution is 2.21. The summed E-state index contributed by atoms with van der Waals surface area (Å²) in [6, 6.07) is 5.14. The third-order valence-electron chi connectivity index (χ3n) is 3.87. The number of hydrogen-bond donors (Lipinski definition) is 1.